The Balaban J connectivity index is 2.58. The van der Waals surface area contributed by atoms with Crippen molar-refractivity contribution in [2.45, 2.75) is 40.2 Å². The van der Waals surface area contributed by atoms with Crippen molar-refractivity contribution in [3.8, 4) is 0 Å². The Hall–Kier alpha value is -1.35. The van der Waals surface area contributed by atoms with Gasteiger partial charge in [0.25, 0.3) is 5.91 Å². The summed E-state index contributed by atoms with van der Waals surface area (Å²) in [5.41, 5.74) is 8.86. The zero-order valence-electron chi connectivity index (χ0n) is 11.8. The van der Waals surface area contributed by atoms with Crippen LogP contribution in [0.3, 0.4) is 0 Å². The second-order valence-corrected chi connectivity index (χ2v) is 5.35. The molecule has 0 aliphatic rings. The van der Waals surface area contributed by atoms with Crippen molar-refractivity contribution < 1.29 is 4.79 Å². The van der Waals surface area contributed by atoms with Gasteiger partial charge >= 0.3 is 0 Å². The van der Waals surface area contributed by atoms with Crippen molar-refractivity contribution in [1.29, 1.82) is 0 Å². The van der Waals surface area contributed by atoms with E-state index in [-0.39, 0.29) is 11.9 Å². The van der Waals surface area contributed by atoms with Gasteiger partial charge in [-0.1, -0.05) is 26.0 Å². The molecule has 1 aromatic rings. The number of nitrogens with one attached hydrogen (secondary N) is 1. The van der Waals surface area contributed by atoms with Crippen LogP contribution in [0, 0.1) is 19.8 Å². The smallest absolute Gasteiger partial charge is 0.251 e. The maximum Gasteiger partial charge on any atom is 0.251 e. The largest absolute Gasteiger partial charge is 0.350 e. The van der Waals surface area contributed by atoms with Gasteiger partial charge in [0.1, 0.15) is 0 Å². The molecule has 1 amide bonds. The number of carbonyl (C=O) groups is 1. The Morgan fingerprint density at radius 1 is 1.33 bits per heavy atom. The first-order valence-corrected chi connectivity index (χ1v) is 6.51. The molecule has 0 radical (unpaired) electrons. The van der Waals surface area contributed by atoms with Gasteiger partial charge in [0, 0.05) is 18.2 Å². The van der Waals surface area contributed by atoms with Crippen LogP contribution in [-0.4, -0.2) is 18.5 Å². The molecule has 0 saturated carbocycles. The summed E-state index contributed by atoms with van der Waals surface area (Å²) < 4.78 is 0. The first kappa shape index (κ1) is 14.7. The summed E-state index contributed by atoms with van der Waals surface area (Å²) in [6, 6.07) is 5.80. The van der Waals surface area contributed by atoms with Crippen LogP contribution >= 0.6 is 0 Å². The number of benzene rings is 1. The lowest BCUT2D eigenvalue weighted by molar-refractivity contribution is 0.0949. The van der Waals surface area contributed by atoms with Gasteiger partial charge in [0.2, 0.25) is 0 Å². The molecule has 0 heterocycles. The molecule has 0 aliphatic heterocycles. The fourth-order valence-electron chi connectivity index (χ4n) is 2.00. The summed E-state index contributed by atoms with van der Waals surface area (Å²) in [5, 5.41) is 2.91. The van der Waals surface area contributed by atoms with E-state index in [2.05, 4.69) is 19.2 Å². The third kappa shape index (κ3) is 4.15. The molecule has 100 valence electrons. The molecule has 0 bridgehead atoms. The van der Waals surface area contributed by atoms with Crippen LogP contribution in [-0.2, 0) is 0 Å². The van der Waals surface area contributed by atoms with E-state index < -0.39 is 0 Å². The number of carbonyl (C=O) groups excluding carboxylic acids is 1. The van der Waals surface area contributed by atoms with Crippen LogP contribution in [0.2, 0.25) is 0 Å². The van der Waals surface area contributed by atoms with Crippen molar-refractivity contribution in [2.24, 2.45) is 11.7 Å². The van der Waals surface area contributed by atoms with Crippen molar-refractivity contribution >= 4 is 5.91 Å². The zero-order chi connectivity index (χ0) is 13.7. The second kappa shape index (κ2) is 6.55. The SMILES string of the molecule is Cc1cccc(C(=O)NCC(N)CC(C)C)c1C. The predicted molar refractivity (Wildman–Crippen MR) is 75.7 cm³/mol. The van der Waals surface area contributed by atoms with Gasteiger partial charge in [0.05, 0.1) is 0 Å². The molecule has 3 nitrogen and oxygen atoms in total. The molecule has 3 N–H and O–H groups in total. The molecule has 0 fully saturated rings. The quantitative estimate of drug-likeness (QED) is 0.840. The molecule has 0 aromatic heterocycles. The number of amides is 1. The number of hydrogen-bond donors (Lipinski definition) is 2. The average Bonchev–Trinajstić information content (AvgIpc) is 2.29. The minimum Gasteiger partial charge on any atom is -0.350 e. The Kier molecular flexibility index (Phi) is 5.35. The van der Waals surface area contributed by atoms with Gasteiger partial charge in [0.15, 0.2) is 0 Å². The molecule has 3 heteroatoms. The topological polar surface area (TPSA) is 55.1 Å². The predicted octanol–water partition coefficient (Wildman–Crippen LogP) is 2.41. The van der Waals surface area contributed by atoms with Crippen molar-refractivity contribution in [2.75, 3.05) is 6.54 Å². The summed E-state index contributed by atoms with van der Waals surface area (Å²) in [4.78, 5) is 12.0. The number of aryl methyl sites for hydroxylation is 1. The lowest BCUT2D eigenvalue weighted by Gasteiger charge is -2.15. The molecular formula is C15H24N2O. The van der Waals surface area contributed by atoms with Crippen LogP contribution in [0.5, 0.6) is 0 Å². The third-order valence-corrected chi connectivity index (χ3v) is 3.15. The van der Waals surface area contributed by atoms with Gasteiger partial charge < -0.3 is 11.1 Å². The van der Waals surface area contributed by atoms with Crippen LogP contribution in [0.25, 0.3) is 0 Å². The molecule has 1 unspecified atom stereocenters. The van der Waals surface area contributed by atoms with Crippen molar-refractivity contribution in [3.63, 3.8) is 0 Å². The molecule has 18 heavy (non-hydrogen) atoms. The number of rotatable bonds is 5. The van der Waals surface area contributed by atoms with Gasteiger partial charge in [-0.15, -0.1) is 0 Å². The lowest BCUT2D eigenvalue weighted by Crippen LogP contribution is -2.38. The van der Waals surface area contributed by atoms with Crippen molar-refractivity contribution in [3.05, 3.63) is 34.9 Å². The van der Waals surface area contributed by atoms with E-state index in [4.69, 9.17) is 5.73 Å². The molecule has 1 atom stereocenters. The minimum absolute atomic E-state index is 0.0269. The summed E-state index contributed by atoms with van der Waals surface area (Å²) in [5.74, 6) is 0.521. The van der Waals surface area contributed by atoms with Crippen LogP contribution in [0.4, 0.5) is 0 Å². The van der Waals surface area contributed by atoms with Gasteiger partial charge in [-0.2, -0.15) is 0 Å². The summed E-state index contributed by atoms with van der Waals surface area (Å²) in [6.45, 7) is 8.78. The fourth-order valence-corrected chi connectivity index (χ4v) is 2.00. The van der Waals surface area contributed by atoms with E-state index in [1.54, 1.807) is 0 Å². The molecule has 1 rings (SSSR count). The maximum atomic E-state index is 12.0. The van der Waals surface area contributed by atoms with Crippen LogP contribution in [0.15, 0.2) is 18.2 Å². The number of hydrogen-bond acceptors (Lipinski definition) is 2. The monoisotopic (exact) mass is 248 g/mol. The van der Waals surface area contributed by atoms with E-state index in [9.17, 15) is 4.79 Å². The average molecular weight is 248 g/mol. The van der Waals surface area contributed by atoms with E-state index in [0.29, 0.717) is 12.5 Å². The zero-order valence-corrected chi connectivity index (χ0v) is 11.8. The third-order valence-electron chi connectivity index (χ3n) is 3.15. The van der Waals surface area contributed by atoms with E-state index in [0.717, 1.165) is 23.1 Å². The van der Waals surface area contributed by atoms with E-state index in [1.807, 2.05) is 32.0 Å². The van der Waals surface area contributed by atoms with Crippen LogP contribution < -0.4 is 11.1 Å². The van der Waals surface area contributed by atoms with Crippen molar-refractivity contribution in [1.82, 2.24) is 5.32 Å². The molecular weight excluding hydrogens is 224 g/mol. The maximum absolute atomic E-state index is 12.0. The Morgan fingerprint density at radius 2 is 2.00 bits per heavy atom. The molecule has 0 aliphatic carbocycles. The minimum atomic E-state index is -0.0320. The van der Waals surface area contributed by atoms with E-state index in [1.165, 1.54) is 0 Å². The summed E-state index contributed by atoms with van der Waals surface area (Å²) in [7, 11) is 0. The van der Waals surface area contributed by atoms with E-state index >= 15 is 0 Å². The Labute approximate surface area is 110 Å². The molecule has 0 saturated heterocycles. The standard InChI is InChI=1S/C15H24N2O/c1-10(2)8-13(16)9-17-15(18)14-7-5-6-11(3)12(14)4/h5-7,10,13H,8-9,16H2,1-4H3,(H,17,18). The highest BCUT2D eigenvalue weighted by atomic mass is 16.1. The highest BCUT2D eigenvalue weighted by Crippen LogP contribution is 2.12. The second-order valence-electron chi connectivity index (χ2n) is 5.35. The van der Waals surface area contributed by atoms with Gasteiger partial charge in [-0.3, -0.25) is 4.79 Å². The van der Waals surface area contributed by atoms with Crippen LogP contribution in [0.1, 0.15) is 41.8 Å². The molecule has 1 aromatic carbocycles. The Bertz CT molecular complexity index is 413. The van der Waals surface area contributed by atoms with Gasteiger partial charge in [-0.05, 0) is 43.4 Å². The highest BCUT2D eigenvalue weighted by molar-refractivity contribution is 5.95. The summed E-state index contributed by atoms with van der Waals surface area (Å²) >= 11 is 0. The first-order chi connectivity index (χ1) is 8.41. The van der Waals surface area contributed by atoms with Gasteiger partial charge in [-0.25, -0.2) is 0 Å². The fraction of sp³-hybridized carbons (Fsp3) is 0.533. The summed E-state index contributed by atoms with van der Waals surface area (Å²) in [6.07, 6.45) is 0.924. The number of nitrogens with two attached hydrogens (primary N) is 1. The Morgan fingerprint density at radius 3 is 2.61 bits per heavy atom. The molecule has 0 spiro atoms. The first-order valence-electron chi connectivity index (χ1n) is 6.51. The normalized spacial score (nSPS) is 12.6. The lowest BCUT2D eigenvalue weighted by atomic mass is 10.0. The highest BCUT2D eigenvalue weighted by Gasteiger charge is 2.12.